The molecular weight excluding hydrogens is 276 g/mol. The lowest BCUT2D eigenvalue weighted by atomic mass is 9.94. The second-order valence-corrected chi connectivity index (χ2v) is 6.95. The molecule has 0 radical (unpaired) electrons. The Morgan fingerprint density at radius 1 is 1.32 bits per heavy atom. The van der Waals surface area contributed by atoms with E-state index < -0.39 is 0 Å². The van der Waals surface area contributed by atoms with Crippen LogP contribution in [-0.4, -0.2) is 46.3 Å². The first-order valence-corrected chi connectivity index (χ1v) is 8.66. The molecule has 22 heavy (non-hydrogen) atoms. The summed E-state index contributed by atoms with van der Waals surface area (Å²) in [5.41, 5.74) is 1.54. The smallest absolute Gasteiger partial charge is 0.271 e. The fraction of sp³-hybridized carbons (Fsp3) is 0.765. The van der Waals surface area contributed by atoms with Crippen LogP contribution in [0, 0.1) is 12.8 Å². The van der Waals surface area contributed by atoms with Crippen LogP contribution in [0.1, 0.15) is 54.7 Å². The number of hydrogen-bond donors (Lipinski definition) is 1. The molecule has 5 nitrogen and oxygen atoms in total. The van der Waals surface area contributed by atoms with E-state index in [4.69, 9.17) is 0 Å². The third-order valence-electron chi connectivity index (χ3n) is 5.31. The van der Waals surface area contributed by atoms with E-state index in [2.05, 4.69) is 15.3 Å². The summed E-state index contributed by atoms with van der Waals surface area (Å²) in [6.45, 7) is 5.08. The Bertz CT molecular complexity index is 499. The van der Waals surface area contributed by atoms with Crippen molar-refractivity contribution in [2.75, 3.05) is 19.6 Å². The summed E-state index contributed by atoms with van der Waals surface area (Å²) in [6.07, 6.45) is 8.13. The molecule has 1 atom stereocenters. The Morgan fingerprint density at radius 2 is 2.09 bits per heavy atom. The highest BCUT2D eigenvalue weighted by atomic mass is 16.1. The van der Waals surface area contributed by atoms with Gasteiger partial charge in [0.15, 0.2) is 0 Å². The average molecular weight is 304 g/mol. The van der Waals surface area contributed by atoms with Crippen molar-refractivity contribution in [1.82, 2.24) is 20.0 Å². The number of carbonyl (C=O) groups excluding carboxylic acids is 1. The number of hydrogen-bond acceptors (Lipinski definition) is 3. The topological polar surface area (TPSA) is 50.2 Å². The number of nitrogens with one attached hydrogen (secondary N) is 1. The van der Waals surface area contributed by atoms with Crippen LogP contribution in [0.4, 0.5) is 0 Å². The highest BCUT2D eigenvalue weighted by Gasteiger charge is 2.29. The number of aryl methyl sites for hydroxylation is 2. The number of carbonyl (C=O) groups is 1. The van der Waals surface area contributed by atoms with Gasteiger partial charge in [0.05, 0.1) is 0 Å². The second kappa shape index (κ2) is 6.82. The van der Waals surface area contributed by atoms with Crippen molar-refractivity contribution < 1.29 is 4.79 Å². The largest absolute Gasteiger partial charge is 0.350 e. The molecule has 122 valence electrons. The molecule has 1 saturated heterocycles. The summed E-state index contributed by atoms with van der Waals surface area (Å²) < 4.78 is 1.75. The zero-order valence-electron chi connectivity index (χ0n) is 13.8. The lowest BCUT2D eigenvalue weighted by Gasteiger charge is -2.31. The average Bonchev–Trinajstić information content (AvgIpc) is 3.13. The minimum absolute atomic E-state index is 0.0418. The van der Waals surface area contributed by atoms with E-state index in [1.807, 2.05) is 20.0 Å². The Kier molecular flexibility index (Phi) is 4.81. The van der Waals surface area contributed by atoms with Crippen molar-refractivity contribution in [3.63, 3.8) is 0 Å². The molecule has 1 aromatic heterocycles. The third-order valence-corrected chi connectivity index (χ3v) is 5.31. The molecule has 2 aliphatic rings. The van der Waals surface area contributed by atoms with E-state index >= 15 is 0 Å². The molecule has 2 fully saturated rings. The van der Waals surface area contributed by atoms with Gasteiger partial charge in [-0.1, -0.05) is 19.3 Å². The summed E-state index contributed by atoms with van der Waals surface area (Å²) in [6, 6.07) is 2.64. The van der Waals surface area contributed by atoms with Gasteiger partial charge in [0.1, 0.15) is 5.69 Å². The van der Waals surface area contributed by atoms with Gasteiger partial charge in [-0.2, -0.15) is 5.10 Å². The molecule has 1 amide bonds. The molecule has 1 aliphatic heterocycles. The van der Waals surface area contributed by atoms with Gasteiger partial charge in [-0.3, -0.25) is 9.48 Å². The third kappa shape index (κ3) is 3.51. The fourth-order valence-corrected chi connectivity index (χ4v) is 3.81. The lowest BCUT2D eigenvalue weighted by Crippen LogP contribution is -2.36. The molecule has 2 heterocycles. The van der Waals surface area contributed by atoms with Crippen molar-refractivity contribution >= 4 is 5.91 Å². The van der Waals surface area contributed by atoms with Crippen LogP contribution >= 0.6 is 0 Å². The van der Waals surface area contributed by atoms with Gasteiger partial charge in [-0.05, 0) is 44.7 Å². The van der Waals surface area contributed by atoms with Gasteiger partial charge in [-0.15, -0.1) is 0 Å². The van der Waals surface area contributed by atoms with Crippen molar-refractivity contribution in [2.45, 2.75) is 51.5 Å². The Labute approximate surface area is 133 Å². The Morgan fingerprint density at radius 3 is 2.77 bits per heavy atom. The number of likely N-dealkylation sites (tertiary alicyclic amines) is 1. The first-order valence-electron chi connectivity index (χ1n) is 8.66. The molecule has 3 rings (SSSR count). The molecule has 0 spiro atoms. The summed E-state index contributed by atoms with van der Waals surface area (Å²) in [7, 11) is 1.87. The molecule has 1 aromatic rings. The normalized spacial score (nSPS) is 23.8. The van der Waals surface area contributed by atoms with E-state index in [-0.39, 0.29) is 5.91 Å². The van der Waals surface area contributed by atoms with Gasteiger partial charge in [0.25, 0.3) is 5.91 Å². The zero-order valence-corrected chi connectivity index (χ0v) is 13.8. The summed E-state index contributed by atoms with van der Waals surface area (Å²) >= 11 is 0. The minimum Gasteiger partial charge on any atom is -0.350 e. The SMILES string of the molecule is Cc1cc(C(=O)NC[C@@H]2CCN(C3CCCCC3)C2)nn1C. The van der Waals surface area contributed by atoms with Crippen molar-refractivity contribution in [3.05, 3.63) is 17.5 Å². The van der Waals surface area contributed by atoms with E-state index in [1.54, 1.807) is 4.68 Å². The summed E-state index contributed by atoms with van der Waals surface area (Å²) in [4.78, 5) is 14.8. The van der Waals surface area contributed by atoms with Crippen LogP contribution in [0.25, 0.3) is 0 Å². The van der Waals surface area contributed by atoms with Crippen molar-refractivity contribution in [3.8, 4) is 0 Å². The number of amides is 1. The maximum Gasteiger partial charge on any atom is 0.271 e. The van der Waals surface area contributed by atoms with E-state index in [9.17, 15) is 4.79 Å². The van der Waals surface area contributed by atoms with Crippen molar-refractivity contribution in [1.29, 1.82) is 0 Å². The second-order valence-electron chi connectivity index (χ2n) is 6.95. The Balaban J connectivity index is 1.45. The lowest BCUT2D eigenvalue weighted by molar-refractivity contribution is 0.0940. The molecule has 1 aliphatic carbocycles. The van der Waals surface area contributed by atoms with Gasteiger partial charge in [-0.25, -0.2) is 0 Å². The van der Waals surface area contributed by atoms with Gasteiger partial charge < -0.3 is 10.2 Å². The Hall–Kier alpha value is -1.36. The number of rotatable bonds is 4. The predicted molar refractivity (Wildman–Crippen MR) is 86.8 cm³/mol. The quantitative estimate of drug-likeness (QED) is 0.927. The molecule has 1 saturated carbocycles. The van der Waals surface area contributed by atoms with Gasteiger partial charge >= 0.3 is 0 Å². The van der Waals surface area contributed by atoms with Crippen LogP contribution in [-0.2, 0) is 7.05 Å². The first-order chi connectivity index (χ1) is 10.6. The molecular formula is C17H28N4O. The monoisotopic (exact) mass is 304 g/mol. The number of nitrogens with zero attached hydrogens (tertiary/aromatic N) is 3. The van der Waals surface area contributed by atoms with E-state index in [0.717, 1.165) is 24.8 Å². The van der Waals surface area contributed by atoms with Crippen molar-refractivity contribution in [2.24, 2.45) is 13.0 Å². The van der Waals surface area contributed by atoms with Crippen LogP contribution in [0.15, 0.2) is 6.07 Å². The minimum atomic E-state index is -0.0418. The number of aromatic nitrogens is 2. The van der Waals surface area contributed by atoms with E-state index in [1.165, 1.54) is 45.1 Å². The molecule has 1 N–H and O–H groups in total. The van der Waals surface area contributed by atoms with Crippen LogP contribution in [0.3, 0.4) is 0 Å². The maximum atomic E-state index is 12.1. The highest BCUT2D eigenvalue weighted by molar-refractivity contribution is 5.92. The molecule has 0 aromatic carbocycles. The summed E-state index contributed by atoms with van der Waals surface area (Å²) in [5.74, 6) is 0.551. The fourth-order valence-electron chi connectivity index (χ4n) is 3.81. The van der Waals surface area contributed by atoms with Gasteiger partial charge in [0.2, 0.25) is 0 Å². The maximum absolute atomic E-state index is 12.1. The van der Waals surface area contributed by atoms with Crippen LogP contribution in [0.2, 0.25) is 0 Å². The summed E-state index contributed by atoms with van der Waals surface area (Å²) in [5, 5.41) is 7.30. The van der Waals surface area contributed by atoms with Gasteiger partial charge in [0, 0.05) is 31.9 Å². The first kappa shape index (κ1) is 15.5. The zero-order chi connectivity index (χ0) is 15.5. The van der Waals surface area contributed by atoms with Crippen LogP contribution in [0.5, 0.6) is 0 Å². The van der Waals surface area contributed by atoms with Crippen LogP contribution < -0.4 is 5.32 Å². The standard InChI is InChI=1S/C17H28N4O/c1-13-10-16(19-20(13)2)17(22)18-11-14-8-9-21(12-14)15-6-4-3-5-7-15/h10,14-15H,3-9,11-12H2,1-2H3,(H,18,22)/t14-/m0/s1. The molecule has 0 unspecified atom stereocenters. The molecule has 0 bridgehead atoms. The van der Waals surface area contributed by atoms with E-state index in [0.29, 0.717) is 11.6 Å². The molecule has 5 heteroatoms. The predicted octanol–water partition coefficient (Wildman–Crippen LogP) is 2.11. The highest BCUT2D eigenvalue weighted by Crippen LogP contribution is 2.27.